The van der Waals surface area contributed by atoms with Crippen LogP contribution in [0.15, 0.2) is 84.9 Å². The normalized spacial score (nSPS) is 10.7. The zero-order valence-corrected chi connectivity index (χ0v) is 13.6. The molecule has 3 nitrogen and oxygen atoms in total. The fourth-order valence-electron chi connectivity index (χ4n) is 2.44. The van der Waals surface area contributed by atoms with Crippen molar-refractivity contribution in [3.63, 3.8) is 0 Å². The van der Waals surface area contributed by atoms with E-state index < -0.39 is 0 Å². The van der Waals surface area contributed by atoms with Crippen molar-refractivity contribution in [3.05, 3.63) is 102 Å². The number of phenols is 1. The van der Waals surface area contributed by atoms with E-state index in [2.05, 4.69) is 0 Å². The van der Waals surface area contributed by atoms with Gasteiger partial charge in [0.15, 0.2) is 5.78 Å². The molecule has 0 aliphatic heterocycles. The molecule has 3 rings (SSSR count). The molecule has 3 aromatic rings. The first-order valence-corrected chi connectivity index (χ1v) is 8.00. The summed E-state index contributed by atoms with van der Waals surface area (Å²) in [6, 6.07) is 24.0. The number of benzene rings is 3. The Morgan fingerprint density at radius 3 is 2.28 bits per heavy atom. The van der Waals surface area contributed by atoms with E-state index in [4.69, 9.17) is 4.74 Å². The Balaban J connectivity index is 1.80. The number of hydrogen-bond donors (Lipinski definition) is 1. The van der Waals surface area contributed by atoms with Crippen LogP contribution in [0.2, 0.25) is 0 Å². The summed E-state index contributed by atoms with van der Waals surface area (Å²) >= 11 is 0. The van der Waals surface area contributed by atoms with Gasteiger partial charge in [0.05, 0.1) is 0 Å². The predicted octanol–water partition coefficient (Wildman–Crippen LogP) is 4.87. The lowest BCUT2D eigenvalue weighted by Gasteiger charge is -2.11. The summed E-state index contributed by atoms with van der Waals surface area (Å²) in [4.78, 5) is 12.5. The van der Waals surface area contributed by atoms with Gasteiger partial charge in [-0.1, -0.05) is 72.8 Å². The third-order valence-corrected chi connectivity index (χ3v) is 3.71. The highest BCUT2D eigenvalue weighted by Crippen LogP contribution is 2.29. The van der Waals surface area contributed by atoms with E-state index in [1.807, 2.05) is 60.7 Å². The van der Waals surface area contributed by atoms with Gasteiger partial charge in [-0.3, -0.25) is 4.79 Å². The third kappa shape index (κ3) is 4.36. The van der Waals surface area contributed by atoms with Crippen LogP contribution in [0.25, 0.3) is 6.08 Å². The molecule has 124 valence electrons. The monoisotopic (exact) mass is 330 g/mol. The Bertz CT molecular complexity index is 868. The molecule has 0 aliphatic carbocycles. The van der Waals surface area contributed by atoms with Crippen LogP contribution in [-0.4, -0.2) is 10.9 Å². The summed E-state index contributed by atoms with van der Waals surface area (Å²) in [5.41, 5.74) is 2.08. The highest BCUT2D eigenvalue weighted by atomic mass is 16.5. The first-order chi connectivity index (χ1) is 12.2. The van der Waals surface area contributed by atoms with Crippen molar-refractivity contribution < 1.29 is 14.6 Å². The second-order valence-corrected chi connectivity index (χ2v) is 5.53. The molecular weight excluding hydrogens is 312 g/mol. The Morgan fingerprint density at radius 1 is 0.880 bits per heavy atom. The zero-order valence-electron chi connectivity index (χ0n) is 13.6. The van der Waals surface area contributed by atoms with E-state index in [1.54, 1.807) is 18.2 Å². The predicted molar refractivity (Wildman–Crippen MR) is 98.7 cm³/mol. The molecule has 0 saturated heterocycles. The summed E-state index contributed by atoms with van der Waals surface area (Å²) in [6.45, 7) is 0.326. The van der Waals surface area contributed by atoms with E-state index in [-0.39, 0.29) is 17.1 Å². The molecule has 0 spiro atoms. The molecule has 3 aromatic carbocycles. The molecule has 0 fully saturated rings. The number of hydrogen-bond acceptors (Lipinski definition) is 3. The molecule has 3 heteroatoms. The van der Waals surface area contributed by atoms with Crippen LogP contribution in [0.5, 0.6) is 11.5 Å². The second kappa shape index (κ2) is 7.97. The van der Waals surface area contributed by atoms with Crippen LogP contribution >= 0.6 is 0 Å². The van der Waals surface area contributed by atoms with Crippen molar-refractivity contribution in [3.8, 4) is 11.5 Å². The molecule has 0 radical (unpaired) electrons. The zero-order chi connectivity index (χ0) is 17.5. The van der Waals surface area contributed by atoms with Crippen molar-refractivity contribution in [2.24, 2.45) is 0 Å². The summed E-state index contributed by atoms with van der Waals surface area (Å²) in [7, 11) is 0. The molecule has 0 atom stereocenters. The van der Waals surface area contributed by atoms with Gasteiger partial charge in [-0.25, -0.2) is 0 Å². The first-order valence-electron chi connectivity index (χ1n) is 8.00. The van der Waals surface area contributed by atoms with Gasteiger partial charge < -0.3 is 9.84 Å². The average molecular weight is 330 g/mol. The van der Waals surface area contributed by atoms with Gasteiger partial charge in [0, 0.05) is 0 Å². The highest BCUT2D eigenvalue weighted by Gasteiger charge is 2.15. The van der Waals surface area contributed by atoms with Crippen LogP contribution in [0, 0.1) is 0 Å². The Hall–Kier alpha value is -3.33. The second-order valence-electron chi connectivity index (χ2n) is 5.53. The van der Waals surface area contributed by atoms with Crippen LogP contribution in [-0.2, 0) is 6.61 Å². The van der Waals surface area contributed by atoms with Crippen LogP contribution < -0.4 is 4.74 Å². The Kier molecular flexibility index (Phi) is 5.27. The fraction of sp³-hybridized carbons (Fsp3) is 0.0455. The molecule has 0 unspecified atom stereocenters. The van der Waals surface area contributed by atoms with Gasteiger partial charge in [-0.15, -0.1) is 0 Å². The van der Waals surface area contributed by atoms with E-state index in [0.29, 0.717) is 12.4 Å². The maximum atomic E-state index is 12.5. The standard InChI is InChI=1S/C22H18O3/c23-19-12-7-13-21(25-16-18-10-5-2-6-11-18)22(19)20(24)15-14-17-8-3-1-4-9-17/h1-15,23H,16H2. The molecule has 1 N–H and O–H groups in total. The number of aromatic hydroxyl groups is 1. The van der Waals surface area contributed by atoms with Gasteiger partial charge in [-0.05, 0) is 29.3 Å². The summed E-state index contributed by atoms with van der Waals surface area (Å²) in [6.07, 6.45) is 3.16. The molecule has 0 aliphatic rings. The fourth-order valence-corrected chi connectivity index (χ4v) is 2.44. The van der Waals surface area contributed by atoms with E-state index in [9.17, 15) is 9.90 Å². The topological polar surface area (TPSA) is 46.5 Å². The number of carbonyl (C=O) groups excluding carboxylic acids is 1. The van der Waals surface area contributed by atoms with Crippen molar-refractivity contribution in [2.45, 2.75) is 6.61 Å². The number of allylic oxidation sites excluding steroid dienone is 1. The minimum absolute atomic E-state index is 0.0896. The quantitative estimate of drug-likeness (QED) is 0.518. The molecule has 0 aromatic heterocycles. The van der Waals surface area contributed by atoms with E-state index in [1.165, 1.54) is 12.1 Å². The molecule has 0 heterocycles. The van der Waals surface area contributed by atoms with Crippen molar-refractivity contribution in [1.29, 1.82) is 0 Å². The number of phenolic OH excluding ortho intramolecular Hbond substituents is 1. The van der Waals surface area contributed by atoms with Crippen molar-refractivity contribution in [2.75, 3.05) is 0 Å². The summed E-state index contributed by atoms with van der Waals surface area (Å²) in [5.74, 6) is -0.0233. The summed E-state index contributed by atoms with van der Waals surface area (Å²) in [5, 5.41) is 10.1. The van der Waals surface area contributed by atoms with Crippen LogP contribution in [0.3, 0.4) is 0 Å². The summed E-state index contributed by atoms with van der Waals surface area (Å²) < 4.78 is 5.76. The average Bonchev–Trinajstić information content (AvgIpc) is 2.66. The third-order valence-electron chi connectivity index (χ3n) is 3.71. The largest absolute Gasteiger partial charge is 0.507 e. The maximum Gasteiger partial charge on any atom is 0.193 e. The first kappa shape index (κ1) is 16.5. The molecule has 25 heavy (non-hydrogen) atoms. The smallest absolute Gasteiger partial charge is 0.193 e. The Labute approximate surface area is 146 Å². The number of rotatable bonds is 6. The van der Waals surface area contributed by atoms with Gasteiger partial charge in [0.2, 0.25) is 0 Å². The molecule has 0 amide bonds. The minimum Gasteiger partial charge on any atom is -0.507 e. The Morgan fingerprint density at radius 2 is 1.56 bits per heavy atom. The van der Waals surface area contributed by atoms with Crippen LogP contribution in [0.4, 0.5) is 0 Å². The van der Waals surface area contributed by atoms with Gasteiger partial charge >= 0.3 is 0 Å². The number of ether oxygens (including phenoxy) is 1. The minimum atomic E-state index is -0.301. The highest BCUT2D eigenvalue weighted by molar-refractivity contribution is 6.10. The van der Waals surface area contributed by atoms with E-state index >= 15 is 0 Å². The van der Waals surface area contributed by atoms with Crippen molar-refractivity contribution >= 4 is 11.9 Å². The maximum absolute atomic E-state index is 12.5. The van der Waals surface area contributed by atoms with Crippen LogP contribution in [0.1, 0.15) is 21.5 Å². The number of ketones is 1. The molecule has 0 saturated carbocycles. The lowest BCUT2D eigenvalue weighted by molar-refractivity contribution is 0.104. The van der Waals surface area contributed by atoms with Gasteiger partial charge in [-0.2, -0.15) is 0 Å². The van der Waals surface area contributed by atoms with Gasteiger partial charge in [0.1, 0.15) is 23.7 Å². The lowest BCUT2D eigenvalue weighted by atomic mass is 10.1. The molecular formula is C22H18O3. The van der Waals surface area contributed by atoms with E-state index in [0.717, 1.165) is 11.1 Å². The van der Waals surface area contributed by atoms with Crippen molar-refractivity contribution in [1.82, 2.24) is 0 Å². The SMILES string of the molecule is O=C(C=Cc1ccccc1)c1c(O)cccc1OCc1ccccc1. The van der Waals surface area contributed by atoms with Gasteiger partial charge in [0.25, 0.3) is 0 Å². The lowest BCUT2D eigenvalue weighted by Crippen LogP contribution is -2.03. The molecule has 0 bridgehead atoms. The number of carbonyl (C=O) groups is 1.